The molecule has 0 aromatic heterocycles. The molecule has 0 bridgehead atoms. The number of nitrogens with one attached hydrogen (secondary N) is 1. The van der Waals surface area contributed by atoms with Crippen LogP contribution in [0.15, 0.2) is 46.9 Å². The van der Waals surface area contributed by atoms with Gasteiger partial charge in [0.15, 0.2) is 0 Å². The molecule has 110 valence electrons. The molecule has 4 nitrogen and oxygen atoms in total. The predicted octanol–water partition coefficient (Wildman–Crippen LogP) is 3.32. The number of rotatable bonds is 4. The Labute approximate surface area is 136 Å². The number of hydrogen-bond acceptors (Lipinski definition) is 3. The number of aromatic hydroxyl groups is 1. The Bertz CT molecular complexity index is 647. The van der Waals surface area contributed by atoms with Crippen molar-refractivity contribution in [1.82, 2.24) is 0 Å². The van der Waals surface area contributed by atoms with Gasteiger partial charge in [0.05, 0.1) is 21.2 Å². The van der Waals surface area contributed by atoms with Crippen molar-refractivity contribution in [3.8, 4) is 5.75 Å². The number of anilines is 1. The fourth-order valence-electron chi connectivity index (χ4n) is 1.80. The van der Waals surface area contributed by atoms with Gasteiger partial charge in [-0.15, -0.1) is 0 Å². The van der Waals surface area contributed by atoms with Gasteiger partial charge < -0.3 is 16.2 Å². The molecule has 1 amide bonds. The highest BCUT2D eigenvalue weighted by Gasteiger charge is 2.16. The molecular weight excluding hydrogens is 356 g/mol. The third-order valence-electron chi connectivity index (χ3n) is 2.94. The summed E-state index contributed by atoms with van der Waals surface area (Å²) in [7, 11) is 0. The van der Waals surface area contributed by atoms with Crippen LogP contribution in [0, 0.1) is 0 Å². The van der Waals surface area contributed by atoms with Crippen LogP contribution in [0.25, 0.3) is 0 Å². The Morgan fingerprint density at radius 1 is 1.29 bits per heavy atom. The maximum absolute atomic E-state index is 12.1. The first-order valence-electron chi connectivity index (χ1n) is 6.25. The summed E-state index contributed by atoms with van der Waals surface area (Å²) >= 11 is 9.29. The van der Waals surface area contributed by atoms with E-state index < -0.39 is 6.04 Å². The SMILES string of the molecule is N[C@@H](Cc1ccc(O)cc1)C(=O)Nc1cccc(Cl)c1Br. The Hall–Kier alpha value is -1.56. The highest BCUT2D eigenvalue weighted by molar-refractivity contribution is 9.10. The van der Waals surface area contributed by atoms with Gasteiger partial charge >= 0.3 is 0 Å². The molecule has 2 aromatic rings. The minimum Gasteiger partial charge on any atom is -0.508 e. The first-order valence-corrected chi connectivity index (χ1v) is 7.43. The zero-order chi connectivity index (χ0) is 15.4. The predicted molar refractivity (Wildman–Crippen MR) is 87.6 cm³/mol. The fraction of sp³-hybridized carbons (Fsp3) is 0.133. The van der Waals surface area contributed by atoms with Crippen LogP contribution in [-0.4, -0.2) is 17.1 Å². The van der Waals surface area contributed by atoms with Crippen LogP contribution in [0.2, 0.25) is 5.02 Å². The lowest BCUT2D eigenvalue weighted by atomic mass is 10.1. The van der Waals surface area contributed by atoms with Crippen LogP contribution < -0.4 is 11.1 Å². The number of amides is 1. The largest absolute Gasteiger partial charge is 0.508 e. The number of phenolic OH excluding ortho intramolecular Hbond substituents is 1. The number of hydrogen-bond donors (Lipinski definition) is 3. The normalized spacial score (nSPS) is 12.0. The van der Waals surface area contributed by atoms with Gasteiger partial charge in [-0.25, -0.2) is 0 Å². The van der Waals surface area contributed by atoms with Crippen molar-refractivity contribution in [3.63, 3.8) is 0 Å². The van der Waals surface area contributed by atoms with Crippen molar-refractivity contribution >= 4 is 39.1 Å². The van der Waals surface area contributed by atoms with E-state index in [1.54, 1.807) is 42.5 Å². The van der Waals surface area contributed by atoms with Crippen LogP contribution in [0.4, 0.5) is 5.69 Å². The first-order chi connectivity index (χ1) is 9.97. The second kappa shape index (κ2) is 6.93. The van der Waals surface area contributed by atoms with Gasteiger partial charge in [-0.3, -0.25) is 4.79 Å². The van der Waals surface area contributed by atoms with Crippen molar-refractivity contribution < 1.29 is 9.90 Å². The van der Waals surface area contributed by atoms with E-state index in [-0.39, 0.29) is 11.7 Å². The number of halogens is 2. The monoisotopic (exact) mass is 368 g/mol. The summed E-state index contributed by atoms with van der Waals surface area (Å²) in [5, 5.41) is 12.5. The lowest BCUT2D eigenvalue weighted by Gasteiger charge is -2.14. The van der Waals surface area contributed by atoms with E-state index in [0.717, 1.165) is 5.56 Å². The average molecular weight is 370 g/mol. The van der Waals surface area contributed by atoms with Crippen LogP contribution in [0.5, 0.6) is 5.75 Å². The zero-order valence-electron chi connectivity index (χ0n) is 11.0. The third kappa shape index (κ3) is 4.20. The van der Waals surface area contributed by atoms with Crippen LogP contribution in [0.1, 0.15) is 5.56 Å². The molecule has 1 atom stereocenters. The number of nitrogens with two attached hydrogens (primary N) is 1. The Morgan fingerprint density at radius 3 is 2.62 bits per heavy atom. The van der Waals surface area contributed by atoms with Crippen LogP contribution in [0.3, 0.4) is 0 Å². The van der Waals surface area contributed by atoms with E-state index in [1.807, 2.05) is 0 Å². The van der Waals surface area contributed by atoms with E-state index in [0.29, 0.717) is 21.6 Å². The van der Waals surface area contributed by atoms with Gasteiger partial charge in [-0.2, -0.15) is 0 Å². The number of benzene rings is 2. The third-order valence-corrected chi connectivity index (χ3v) is 4.34. The van der Waals surface area contributed by atoms with Crippen molar-refractivity contribution in [1.29, 1.82) is 0 Å². The minimum atomic E-state index is -0.694. The van der Waals surface area contributed by atoms with Gasteiger partial charge in [0.1, 0.15) is 5.75 Å². The second-order valence-corrected chi connectivity index (χ2v) is 5.77. The molecule has 0 aliphatic carbocycles. The van der Waals surface area contributed by atoms with E-state index in [2.05, 4.69) is 21.2 Å². The standard InChI is InChI=1S/C15H14BrClN2O2/c16-14-11(17)2-1-3-13(14)19-15(21)12(18)8-9-4-6-10(20)7-5-9/h1-7,12,20H,8,18H2,(H,19,21)/t12-/m0/s1. The summed E-state index contributed by atoms with van der Waals surface area (Å²) in [5.74, 6) is -0.120. The zero-order valence-corrected chi connectivity index (χ0v) is 13.4. The van der Waals surface area contributed by atoms with Crippen LogP contribution >= 0.6 is 27.5 Å². The van der Waals surface area contributed by atoms with Crippen molar-refractivity contribution in [2.24, 2.45) is 5.73 Å². The summed E-state index contributed by atoms with van der Waals surface area (Å²) in [4.78, 5) is 12.1. The van der Waals surface area contributed by atoms with E-state index in [4.69, 9.17) is 17.3 Å². The second-order valence-electron chi connectivity index (χ2n) is 4.57. The topological polar surface area (TPSA) is 75.3 Å². The maximum atomic E-state index is 12.1. The lowest BCUT2D eigenvalue weighted by Crippen LogP contribution is -2.37. The molecule has 0 unspecified atom stereocenters. The summed E-state index contributed by atoms with van der Waals surface area (Å²) in [6.07, 6.45) is 0.379. The highest BCUT2D eigenvalue weighted by atomic mass is 79.9. The van der Waals surface area contributed by atoms with Crippen LogP contribution in [-0.2, 0) is 11.2 Å². The summed E-state index contributed by atoms with van der Waals surface area (Å²) < 4.78 is 0.622. The molecule has 0 spiro atoms. The molecule has 0 fully saturated rings. The number of carbonyl (C=O) groups excluding carboxylic acids is 1. The van der Waals surface area contributed by atoms with Gasteiger partial charge in [0, 0.05) is 0 Å². The molecule has 0 saturated carbocycles. The van der Waals surface area contributed by atoms with E-state index in [9.17, 15) is 9.90 Å². The molecule has 0 aliphatic heterocycles. The number of phenols is 1. The molecule has 0 saturated heterocycles. The molecule has 0 radical (unpaired) electrons. The smallest absolute Gasteiger partial charge is 0.241 e. The quantitative estimate of drug-likeness (QED) is 0.774. The maximum Gasteiger partial charge on any atom is 0.241 e. The molecule has 2 aromatic carbocycles. The summed E-state index contributed by atoms with van der Waals surface area (Å²) in [5.41, 5.74) is 7.35. The lowest BCUT2D eigenvalue weighted by molar-refractivity contribution is -0.117. The van der Waals surface area contributed by atoms with Crippen molar-refractivity contribution in [2.45, 2.75) is 12.5 Å². The average Bonchev–Trinajstić information content (AvgIpc) is 2.46. The molecule has 2 rings (SSSR count). The fourth-order valence-corrected chi connectivity index (χ4v) is 2.34. The molecule has 6 heteroatoms. The number of carbonyl (C=O) groups is 1. The Morgan fingerprint density at radius 2 is 1.95 bits per heavy atom. The molecule has 21 heavy (non-hydrogen) atoms. The molecule has 0 aliphatic rings. The molecule has 0 heterocycles. The summed E-state index contributed by atoms with van der Waals surface area (Å²) in [6, 6.07) is 11.1. The van der Waals surface area contributed by atoms with Crippen molar-refractivity contribution in [2.75, 3.05) is 5.32 Å². The van der Waals surface area contributed by atoms with E-state index >= 15 is 0 Å². The van der Waals surface area contributed by atoms with Gasteiger partial charge in [-0.1, -0.05) is 29.8 Å². The molecule has 4 N–H and O–H groups in total. The minimum absolute atomic E-state index is 0.180. The van der Waals surface area contributed by atoms with Gasteiger partial charge in [0.2, 0.25) is 5.91 Å². The van der Waals surface area contributed by atoms with Gasteiger partial charge in [0.25, 0.3) is 0 Å². The van der Waals surface area contributed by atoms with E-state index in [1.165, 1.54) is 0 Å². The van der Waals surface area contributed by atoms with Gasteiger partial charge in [-0.05, 0) is 52.2 Å². The highest BCUT2D eigenvalue weighted by Crippen LogP contribution is 2.30. The Kier molecular flexibility index (Phi) is 5.22. The molecular formula is C15H14BrClN2O2. The first kappa shape index (κ1) is 15.8. The Balaban J connectivity index is 2.02. The van der Waals surface area contributed by atoms with Crippen molar-refractivity contribution in [3.05, 3.63) is 57.5 Å². The summed E-state index contributed by atoms with van der Waals surface area (Å²) in [6.45, 7) is 0.